The Balaban J connectivity index is 1.85. The van der Waals surface area contributed by atoms with Gasteiger partial charge >= 0.3 is 0 Å². The summed E-state index contributed by atoms with van der Waals surface area (Å²) >= 11 is 0. The average Bonchev–Trinajstić information content (AvgIpc) is 2.73. The van der Waals surface area contributed by atoms with Gasteiger partial charge in [-0.1, -0.05) is 18.2 Å². The third kappa shape index (κ3) is 3.55. The highest BCUT2D eigenvalue weighted by atomic mass is 32.2. The van der Waals surface area contributed by atoms with Crippen LogP contribution >= 0.6 is 0 Å². The van der Waals surface area contributed by atoms with Gasteiger partial charge in [-0.05, 0) is 18.7 Å². The molecule has 0 radical (unpaired) electrons. The summed E-state index contributed by atoms with van der Waals surface area (Å²) in [7, 11) is -1.43. The quantitative estimate of drug-likeness (QED) is 0.756. The summed E-state index contributed by atoms with van der Waals surface area (Å²) in [6.45, 7) is 2.91. The molecule has 0 N–H and O–H groups in total. The molecule has 0 spiro atoms. The first-order valence-electron chi connectivity index (χ1n) is 8.01. The van der Waals surface area contributed by atoms with Crippen molar-refractivity contribution in [2.45, 2.75) is 12.6 Å². The molecule has 1 atom stereocenters. The van der Waals surface area contributed by atoms with E-state index in [-0.39, 0.29) is 12.5 Å². The van der Waals surface area contributed by atoms with Crippen LogP contribution in [-0.4, -0.2) is 76.3 Å². The summed E-state index contributed by atoms with van der Waals surface area (Å²) in [5.74, 6) is -0.0771. The first kappa shape index (κ1) is 17.2. The third-order valence-corrected chi connectivity index (χ3v) is 5.63. The zero-order chi connectivity index (χ0) is 17.3. The molecule has 0 unspecified atom stereocenters. The normalized spacial score (nSPS) is 22.8. The topological polar surface area (TPSA) is 70.2 Å². The molecule has 3 rings (SSSR count). The molecular weight excluding hydrogens is 330 g/mol. The van der Waals surface area contributed by atoms with E-state index in [4.69, 9.17) is 4.74 Å². The first-order chi connectivity index (χ1) is 11.4. The van der Waals surface area contributed by atoms with Crippen LogP contribution in [0.2, 0.25) is 0 Å². The minimum atomic E-state index is -3.39. The summed E-state index contributed by atoms with van der Waals surface area (Å²) in [6, 6.07) is 7.33. The number of ether oxygens (including phenoxy) is 1. The van der Waals surface area contributed by atoms with E-state index in [0.29, 0.717) is 31.9 Å². The average molecular weight is 353 g/mol. The zero-order valence-electron chi connectivity index (χ0n) is 14.0. The lowest BCUT2D eigenvalue weighted by Crippen LogP contribution is -2.50. The number of likely N-dealkylation sites (N-methyl/N-ethyl adjacent to an activating group) is 1. The van der Waals surface area contributed by atoms with Crippen LogP contribution in [0, 0.1) is 0 Å². The number of hydrogen-bond donors (Lipinski definition) is 0. The van der Waals surface area contributed by atoms with Crippen LogP contribution in [0.4, 0.5) is 5.69 Å². The van der Waals surface area contributed by atoms with Crippen molar-refractivity contribution in [3.63, 3.8) is 0 Å². The number of carbonyl (C=O) groups excluding carboxylic acids is 1. The third-order valence-electron chi connectivity index (χ3n) is 4.45. The molecular formula is C16H23N3O4S. The predicted molar refractivity (Wildman–Crippen MR) is 91.3 cm³/mol. The van der Waals surface area contributed by atoms with Crippen molar-refractivity contribution < 1.29 is 17.9 Å². The molecule has 7 nitrogen and oxygen atoms in total. The highest BCUT2D eigenvalue weighted by molar-refractivity contribution is 7.92. The van der Waals surface area contributed by atoms with Crippen molar-refractivity contribution >= 4 is 21.6 Å². The van der Waals surface area contributed by atoms with Gasteiger partial charge in [0.2, 0.25) is 10.0 Å². The zero-order valence-corrected chi connectivity index (χ0v) is 14.8. The number of nitrogens with zero attached hydrogens (tertiary/aromatic N) is 3. The van der Waals surface area contributed by atoms with Crippen LogP contribution in [0.3, 0.4) is 0 Å². The Morgan fingerprint density at radius 2 is 1.96 bits per heavy atom. The van der Waals surface area contributed by atoms with Gasteiger partial charge < -0.3 is 14.5 Å². The van der Waals surface area contributed by atoms with E-state index in [1.54, 1.807) is 11.0 Å². The molecule has 1 saturated heterocycles. The fourth-order valence-electron chi connectivity index (χ4n) is 3.17. The van der Waals surface area contributed by atoms with Gasteiger partial charge in [-0.2, -0.15) is 0 Å². The Hall–Kier alpha value is -1.64. The van der Waals surface area contributed by atoms with Crippen molar-refractivity contribution in [2.24, 2.45) is 0 Å². The van der Waals surface area contributed by atoms with Crippen molar-refractivity contribution in [2.75, 3.05) is 50.4 Å². The van der Waals surface area contributed by atoms with E-state index in [1.165, 1.54) is 10.6 Å². The molecule has 0 aromatic heterocycles. The van der Waals surface area contributed by atoms with Crippen molar-refractivity contribution in [1.29, 1.82) is 0 Å². The SMILES string of the molecule is CN1CCO[C@@H](C(=O)N2CCN(S(C)(=O)=O)c3ccccc3C2)C1. The fourth-order valence-corrected chi connectivity index (χ4v) is 4.12. The molecule has 2 heterocycles. The Bertz CT molecular complexity index is 722. The lowest BCUT2D eigenvalue weighted by molar-refractivity contribution is -0.149. The fraction of sp³-hybridized carbons (Fsp3) is 0.562. The number of hydrogen-bond acceptors (Lipinski definition) is 5. The second kappa shape index (κ2) is 6.70. The molecule has 132 valence electrons. The second-order valence-corrected chi connectivity index (χ2v) is 8.25. The Labute approximate surface area is 142 Å². The van der Waals surface area contributed by atoms with Crippen molar-refractivity contribution in [3.05, 3.63) is 29.8 Å². The van der Waals surface area contributed by atoms with Gasteiger partial charge in [0, 0.05) is 26.2 Å². The molecule has 1 aromatic rings. The van der Waals surface area contributed by atoms with Gasteiger partial charge in [-0.15, -0.1) is 0 Å². The van der Waals surface area contributed by atoms with Gasteiger partial charge in [0.15, 0.2) is 0 Å². The first-order valence-corrected chi connectivity index (χ1v) is 9.85. The molecule has 24 heavy (non-hydrogen) atoms. The smallest absolute Gasteiger partial charge is 0.253 e. The van der Waals surface area contributed by atoms with Gasteiger partial charge in [0.25, 0.3) is 5.91 Å². The van der Waals surface area contributed by atoms with Crippen LogP contribution in [0.5, 0.6) is 0 Å². The van der Waals surface area contributed by atoms with Gasteiger partial charge in [-0.25, -0.2) is 8.42 Å². The summed E-state index contributed by atoms with van der Waals surface area (Å²) < 4.78 is 31.2. The van der Waals surface area contributed by atoms with E-state index in [9.17, 15) is 13.2 Å². The maximum atomic E-state index is 12.8. The number of rotatable bonds is 2. The van der Waals surface area contributed by atoms with Crippen molar-refractivity contribution in [3.8, 4) is 0 Å². The minimum absolute atomic E-state index is 0.0771. The molecule has 1 amide bonds. The largest absolute Gasteiger partial charge is 0.366 e. The molecule has 1 fully saturated rings. The highest BCUT2D eigenvalue weighted by Gasteiger charge is 2.32. The van der Waals surface area contributed by atoms with Gasteiger partial charge in [0.05, 0.1) is 25.1 Å². The van der Waals surface area contributed by atoms with E-state index < -0.39 is 16.1 Å². The predicted octanol–water partition coefficient (Wildman–Crippen LogP) is 0.125. The Kier molecular flexibility index (Phi) is 4.80. The van der Waals surface area contributed by atoms with Crippen LogP contribution in [0.25, 0.3) is 0 Å². The summed E-state index contributed by atoms with van der Waals surface area (Å²) in [6.07, 6.45) is 0.709. The number of sulfonamides is 1. The summed E-state index contributed by atoms with van der Waals surface area (Å²) in [5.41, 5.74) is 1.48. The summed E-state index contributed by atoms with van der Waals surface area (Å²) in [4.78, 5) is 16.6. The maximum Gasteiger partial charge on any atom is 0.253 e. The number of fused-ring (bicyclic) bond motifs is 1. The standard InChI is InChI=1S/C16H23N3O4S/c1-17-9-10-23-15(12-17)16(20)18-7-8-19(24(2,21)22)14-6-4-3-5-13(14)11-18/h3-6,15H,7-12H2,1-2H3/t15-/m1/s1. The molecule has 8 heteroatoms. The van der Waals surface area contributed by atoms with Crippen LogP contribution < -0.4 is 4.31 Å². The van der Waals surface area contributed by atoms with Gasteiger partial charge in [-0.3, -0.25) is 9.10 Å². The van der Waals surface area contributed by atoms with Crippen LogP contribution in [0.15, 0.2) is 24.3 Å². The number of amides is 1. The molecule has 2 aliphatic rings. The lowest BCUT2D eigenvalue weighted by atomic mass is 10.1. The maximum absolute atomic E-state index is 12.8. The number of morpholine rings is 1. The number of anilines is 1. The van der Waals surface area contributed by atoms with Gasteiger partial charge in [0.1, 0.15) is 6.10 Å². The monoisotopic (exact) mass is 353 g/mol. The molecule has 1 aromatic carbocycles. The molecule has 0 bridgehead atoms. The lowest BCUT2D eigenvalue weighted by Gasteiger charge is -2.32. The number of carbonyl (C=O) groups is 1. The van der Waals surface area contributed by atoms with Crippen LogP contribution in [-0.2, 0) is 26.1 Å². The van der Waals surface area contributed by atoms with Crippen LogP contribution in [0.1, 0.15) is 5.56 Å². The number of para-hydroxylation sites is 1. The van der Waals surface area contributed by atoms with Crippen molar-refractivity contribution in [1.82, 2.24) is 9.80 Å². The number of benzene rings is 1. The molecule has 2 aliphatic heterocycles. The molecule has 0 aliphatic carbocycles. The molecule has 0 saturated carbocycles. The van der Waals surface area contributed by atoms with E-state index in [0.717, 1.165) is 12.1 Å². The highest BCUT2D eigenvalue weighted by Crippen LogP contribution is 2.27. The minimum Gasteiger partial charge on any atom is -0.366 e. The van der Waals surface area contributed by atoms with E-state index >= 15 is 0 Å². The second-order valence-electron chi connectivity index (χ2n) is 6.35. The van der Waals surface area contributed by atoms with E-state index in [1.807, 2.05) is 25.2 Å². The van der Waals surface area contributed by atoms with E-state index in [2.05, 4.69) is 4.90 Å². The summed E-state index contributed by atoms with van der Waals surface area (Å²) in [5, 5.41) is 0. The Morgan fingerprint density at radius 1 is 1.21 bits per heavy atom. The Morgan fingerprint density at radius 3 is 2.67 bits per heavy atom.